The first kappa shape index (κ1) is 57.2. The number of carbonyl (C=O) groups is 1. The van der Waals surface area contributed by atoms with E-state index in [0.29, 0.717) is 17.4 Å². The Morgan fingerprint density at radius 2 is 1.00 bits per heavy atom. The molecule has 59 heavy (non-hydrogen) atoms. The molecule has 3 atom stereocenters. The average molecular weight is 849 g/mol. The molecule has 0 bridgehead atoms. The van der Waals surface area contributed by atoms with E-state index in [1.165, 1.54) is 128 Å². The number of unbranched alkanes of at least 4 members (excludes halogenated alkanes) is 22. The van der Waals surface area contributed by atoms with Crippen molar-refractivity contribution in [1.29, 1.82) is 0 Å². The fraction of sp³-hybridized carbons (Fsp3) is 0.780. The van der Waals surface area contributed by atoms with E-state index in [1.54, 1.807) is 6.08 Å². The van der Waals surface area contributed by atoms with Crippen LogP contribution in [0.3, 0.4) is 0 Å². The predicted molar refractivity (Wildman–Crippen MR) is 251 cm³/mol. The summed E-state index contributed by atoms with van der Waals surface area (Å²) in [6.07, 6.45) is 54.3. The van der Waals surface area contributed by atoms with Crippen LogP contribution in [0, 0.1) is 0 Å². The van der Waals surface area contributed by atoms with Crippen molar-refractivity contribution in [3.63, 3.8) is 0 Å². The number of amides is 1. The molecule has 0 aliphatic carbocycles. The summed E-state index contributed by atoms with van der Waals surface area (Å²) in [7, 11) is 1.23. The molecule has 3 unspecified atom stereocenters. The highest BCUT2D eigenvalue weighted by molar-refractivity contribution is 7.45. The van der Waals surface area contributed by atoms with Gasteiger partial charge in [0.15, 0.2) is 0 Å². The predicted octanol–water partition coefficient (Wildman–Crippen LogP) is 13.2. The minimum Gasteiger partial charge on any atom is -0.756 e. The number of nitrogens with zero attached hydrogens (tertiary/aromatic N) is 1. The lowest BCUT2D eigenvalue weighted by Crippen LogP contribution is -2.45. The largest absolute Gasteiger partial charge is 0.756 e. The maximum atomic E-state index is 12.9. The van der Waals surface area contributed by atoms with E-state index < -0.39 is 26.6 Å². The molecule has 0 radical (unpaired) electrons. The quantitative estimate of drug-likeness (QED) is 0.0274. The molecule has 1 amide bonds. The summed E-state index contributed by atoms with van der Waals surface area (Å²) < 4.78 is 23.1. The lowest BCUT2D eigenvalue weighted by molar-refractivity contribution is -0.870. The number of quaternary nitrogens is 1. The SMILES string of the molecule is CCCCCC/C=C/CC/C=C/C(O)C(COP(=O)([O-])OCC[N+](C)(C)C)NC(=O)CCCCCCCCCCCCCC/C=C\C/C=C\C/C=C\CCCCCCC. The van der Waals surface area contributed by atoms with Crippen molar-refractivity contribution in [1.82, 2.24) is 5.32 Å². The van der Waals surface area contributed by atoms with Crippen molar-refractivity contribution in [2.45, 2.75) is 212 Å². The van der Waals surface area contributed by atoms with Crippen LogP contribution >= 0.6 is 7.82 Å². The van der Waals surface area contributed by atoms with Crippen molar-refractivity contribution >= 4 is 13.7 Å². The van der Waals surface area contributed by atoms with Gasteiger partial charge < -0.3 is 28.8 Å². The van der Waals surface area contributed by atoms with Gasteiger partial charge in [-0.1, -0.05) is 184 Å². The molecule has 0 fully saturated rings. The number of hydrogen-bond donors (Lipinski definition) is 2. The smallest absolute Gasteiger partial charge is 0.268 e. The fourth-order valence-corrected chi connectivity index (χ4v) is 7.31. The minimum absolute atomic E-state index is 0.00884. The van der Waals surface area contributed by atoms with E-state index >= 15 is 0 Å². The average Bonchev–Trinajstić information content (AvgIpc) is 3.19. The normalized spacial score (nSPS) is 14.8. The summed E-state index contributed by atoms with van der Waals surface area (Å²) in [5.41, 5.74) is 0. The second kappa shape index (κ2) is 41.5. The van der Waals surface area contributed by atoms with Gasteiger partial charge in [-0.05, 0) is 70.6 Å². The fourth-order valence-electron chi connectivity index (χ4n) is 6.59. The number of rotatable bonds is 43. The van der Waals surface area contributed by atoms with E-state index in [2.05, 4.69) is 67.8 Å². The molecule has 8 nitrogen and oxygen atoms in total. The monoisotopic (exact) mass is 849 g/mol. The Kier molecular flexibility index (Phi) is 40.3. The van der Waals surface area contributed by atoms with E-state index in [9.17, 15) is 19.4 Å². The summed E-state index contributed by atoms with van der Waals surface area (Å²) in [4.78, 5) is 25.3. The van der Waals surface area contributed by atoms with Crippen LogP contribution in [0.2, 0.25) is 0 Å². The van der Waals surface area contributed by atoms with Gasteiger partial charge in [0.2, 0.25) is 5.91 Å². The number of phosphoric ester groups is 1. The van der Waals surface area contributed by atoms with Gasteiger partial charge in [-0.2, -0.15) is 0 Å². The Labute approximate surface area is 364 Å². The second-order valence-corrected chi connectivity index (χ2v) is 18.9. The zero-order valence-corrected chi connectivity index (χ0v) is 39.8. The van der Waals surface area contributed by atoms with Gasteiger partial charge in [-0.3, -0.25) is 9.36 Å². The second-order valence-electron chi connectivity index (χ2n) is 17.5. The molecule has 0 saturated heterocycles. The molecule has 0 aromatic heterocycles. The highest BCUT2D eigenvalue weighted by Crippen LogP contribution is 2.38. The minimum atomic E-state index is -4.59. The number of nitrogens with one attached hydrogen (secondary N) is 1. The third-order valence-corrected chi connectivity index (χ3v) is 11.4. The summed E-state index contributed by atoms with van der Waals surface area (Å²) in [6, 6.07) is -0.904. The molecule has 0 aromatic rings. The standard InChI is InChI=1S/C50H93N2O6P/c1-6-8-10-12-14-16-18-19-20-21-22-23-24-25-26-27-28-29-30-31-32-33-34-36-38-40-42-44-50(54)51-48(47-58-59(55,56)57-46-45-52(3,4)5)49(53)43-41-39-37-35-17-15-13-11-9-7-2/h17-19,21-22,24-25,35,41,43,48-49,53H,6-16,20,23,26-34,36-40,42,44-47H2,1-5H3,(H-,51,54,55,56)/b19-18-,22-21-,25-24-,35-17+,43-41+. The number of allylic oxidation sites excluding steroid dienone is 9. The van der Waals surface area contributed by atoms with Crippen molar-refractivity contribution in [2.75, 3.05) is 40.9 Å². The van der Waals surface area contributed by atoms with E-state index in [-0.39, 0.29) is 12.5 Å². The van der Waals surface area contributed by atoms with Gasteiger partial charge in [-0.15, -0.1) is 0 Å². The van der Waals surface area contributed by atoms with Crippen molar-refractivity contribution in [3.8, 4) is 0 Å². The molecule has 0 aliphatic heterocycles. The van der Waals surface area contributed by atoms with Crippen LogP contribution in [0.4, 0.5) is 0 Å². The molecular formula is C50H93N2O6P. The number of aliphatic hydroxyl groups excluding tert-OH is 1. The van der Waals surface area contributed by atoms with Gasteiger partial charge >= 0.3 is 0 Å². The van der Waals surface area contributed by atoms with Crippen molar-refractivity contribution < 1.29 is 32.9 Å². The van der Waals surface area contributed by atoms with Gasteiger partial charge in [0.1, 0.15) is 13.2 Å². The molecule has 0 spiro atoms. The molecule has 9 heteroatoms. The van der Waals surface area contributed by atoms with Gasteiger partial charge in [0.25, 0.3) is 7.82 Å². The van der Waals surface area contributed by atoms with Crippen LogP contribution in [0.15, 0.2) is 60.8 Å². The number of carbonyl (C=O) groups excluding carboxylic acids is 1. The van der Waals surface area contributed by atoms with Crippen molar-refractivity contribution in [3.05, 3.63) is 60.8 Å². The van der Waals surface area contributed by atoms with Gasteiger partial charge in [0, 0.05) is 6.42 Å². The Morgan fingerprint density at radius 3 is 1.51 bits per heavy atom. The van der Waals surface area contributed by atoms with E-state index in [1.807, 2.05) is 27.2 Å². The molecular weight excluding hydrogens is 756 g/mol. The number of hydrogen-bond acceptors (Lipinski definition) is 6. The Bertz CT molecular complexity index is 1140. The summed E-state index contributed by atoms with van der Waals surface area (Å²) in [6.45, 7) is 4.56. The number of phosphoric acid groups is 1. The molecule has 2 N–H and O–H groups in total. The van der Waals surface area contributed by atoms with Gasteiger partial charge in [0.05, 0.1) is 39.9 Å². The summed E-state index contributed by atoms with van der Waals surface area (Å²) in [5, 5.41) is 13.7. The van der Waals surface area contributed by atoms with Crippen LogP contribution < -0.4 is 10.2 Å². The Morgan fingerprint density at radius 1 is 0.593 bits per heavy atom. The molecule has 0 aliphatic rings. The first-order chi connectivity index (χ1) is 28.5. The summed E-state index contributed by atoms with van der Waals surface area (Å²) in [5.74, 6) is -0.214. The van der Waals surface area contributed by atoms with Crippen LogP contribution in [0.5, 0.6) is 0 Å². The molecule has 0 saturated carbocycles. The zero-order valence-electron chi connectivity index (χ0n) is 38.9. The van der Waals surface area contributed by atoms with E-state index in [4.69, 9.17) is 9.05 Å². The molecule has 0 rings (SSSR count). The van der Waals surface area contributed by atoms with E-state index in [0.717, 1.165) is 51.4 Å². The van der Waals surface area contributed by atoms with Crippen LogP contribution in [-0.4, -0.2) is 68.5 Å². The third-order valence-electron chi connectivity index (χ3n) is 10.4. The van der Waals surface area contributed by atoms with Crippen LogP contribution in [0.25, 0.3) is 0 Å². The summed E-state index contributed by atoms with van der Waals surface area (Å²) >= 11 is 0. The number of aliphatic hydroxyl groups is 1. The maximum Gasteiger partial charge on any atom is 0.268 e. The topological polar surface area (TPSA) is 108 Å². The lowest BCUT2D eigenvalue weighted by atomic mass is 10.0. The van der Waals surface area contributed by atoms with Gasteiger partial charge in [-0.25, -0.2) is 0 Å². The number of likely N-dealkylation sites (N-methyl/N-ethyl adjacent to an activating group) is 1. The van der Waals surface area contributed by atoms with Crippen LogP contribution in [-0.2, 0) is 18.4 Å². The maximum absolute atomic E-state index is 12.9. The first-order valence-electron chi connectivity index (χ1n) is 24.2. The van der Waals surface area contributed by atoms with Crippen LogP contribution in [0.1, 0.15) is 200 Å². The molecule has 0 heterocycles. The molecule has 344 valence electrons. The van der Waals surface area contributed by atoms with Crippen molar-refractivity contribution in [2.24, 2.45) is 0 Å². The zero-order chi connectivity index (χ0) is 43.6. The Hall–Kier alpha value is -1.80. The highest BCUT2D eigenvalue weighted by Gasteiger charge is 2.23. The highest BCUT2D eigenvalue weighted by atomic mass is 31.2. The third kappa shape index (κ3) is 44.1. The molecule has 0 aromatic carbocycles. The Balaban J connectivity index is 4.18. The lowest BCUT2D eigenvalue weighted by Gasteiger charge is -2.29. The first-order valence-corrected chi connectivity index (χ1v) is 25.6.